The molecular formula is C16H22N2O. The molecule has 1 aliphatic heterocycles. The average molecular weight is 258 g/mol. The van der Waals surface area contributed by atoms with E-state index >= 15 is 0 Å². The van der Waals surface area contributed by atoms with Crippen LogP contribution in [-0.2, 0) is 5.41 Å². The molecule has 0 saturated carbocycles. The van der Waals surface area contributed by atoms with Crippen LogP contribution < -0.4 is 10.1 Å². The van der Waals surface area contributed by atoms with Crippen molar-refractivity contribution in [1.82, 2.24) is 5.32 Å². The van der Waals surface area contributed by atoms with E-state index in [2.05, 4.69) is 31.3 Å². The fraction of sp³-hybridized carbons (Fsp3) is 0.562. The molecule has 1 saturated heterocycles. The first kappa shape index (κ1) is 13.9. The second-order valence-corrected chi connectivity index (χ2v) is 6.12. The van der Waals surface area contributed by atoms with Crippen LogP contribution in [0.3, 0.4) is 0 Å². The molecule has 1 heterocycles. The fourth-order valence-corrected chi connectivity index (χ4v) is 3.10. The lowest BCUT2D eigenvalue weighted by Gasteiger charge is -2.42. The maximum atomic E-state index is 9.74. The number of ether oxygens (including phenoxy) is 1. The Kier molecular flexibility index (Phi) is 3.56. The molecule has 0 amide bonds. The van der Waals surface area contributed by atoms with Crippen LogP contribution in [0.2, 0.25) is 0 Å². The van der Waals surface area contributed by atoms with Gasteiger partial charge in [-0.05, 0) is 57.4 Å². The Bertz CT molecular complexity index is 516. The molecule has 1 aliphatic rings. The summed E-state index contributed by atoms with van der Waals surface area (Å²) in [6.07, 6.45) is 1.70. The molecule has 0 aromatic heterocycles. The van der Waals surface area contributed by atoms with Gasteiger partial charge >= 0.3 is 0 Å². The highest BCUT2D eigenvalue weighted by Crippen LogP contribution is 2.39. The number of aryl methyl sites for hydroxylation is 1. The van der Waals surface area contributed by atoms with Gasteiger partial charge in [-0.15, -0.1) is 0 Å². The van der Waals surface area contributed by atoms with Gasteiger partial charge in [0.2, 0.25) is 0 Å². The lowest BCUT2D eigenvalue weighted by molar-refractivity contribution is 0.233. The zero-order chi connectivity index (χ0) is 14.1. The SMILES string of the molecule is COc1ccc(C2(C#N)CCNC(C)(C)C2)cc1C. The Labute approximate surface area is 115 Å². The van der Waals surface area contributed by atoms with Crippen molar-refractivity contribution in [2.24, 2.45) is 0 Å². The lowest BCUT2D eigenvalue weighted by atomic mass is 9.68. The van der Waals surface area contributed by atoms with Gasteiger partial charge in [-0.3, -0.25) is 0 Å². The molecular weight excluding hydrogens is 236 g/mol. The minimum Gasteiger partial charge on any atom is -0.496 e. The van der Waals surface area contributed by atoms with Gasteiger partial charge in [0.05, 0.1) is 18.6 Å². The molecule has 1 fully saturated rings. The van der Waals surface area contributed by atoms with Crippen molar-refractivity contribution < 1.29 is 4.74 Å². The molecule has 0 radical (unpaired) electrons. The summed E-state index contributed by atoms with van der Waals surface area (Å²) in [6, 6.07) is 8.68. The molecule has 2 rings (SSSR count). The molecule has 102 valence electrons. The number of piperidine rings is 1. The molecule has 3 heteroatoms. The topological polar surface area (TPSA) is 45.0 Å². The van der Waals surface area contributed by atoms with Crippen molar-refractivity contribution in [3.05, 3.63) is 29.3 Å². The number of hydrogen-bond donors (Lipinski definition) is 1. The number of hydrogen-bond acceptors (Lipinski definition) is 3. The van der Waals surface area contributed by atoms with Crippen molar-refractivity contribution in [2.45, 2.75) is 44.6 Å². The van der Waals surface area contributed by atoms with Crippen LogP contribution in [0.4, 0.5) is 0 Å². The maximum absolute atomic E-state index is 9.74. The highest BCUT2D eigenvalue weighted by Gasteiger charge is 2.41. The van der Waals surface area contributed by atoms with Crippen LogP contribution in [0.25, 0.3) is 0 Å². The molecule has 1 aromatic rings. The lowest BCUT2D eigenvalue weighted by Crippen LogP contribution is -2.52. The summed E-state index contributed by atoms with van der Waals surface area (Å²) < 4.78 is 5.30. The second kappa shape index (κ2) is 4.86. The first-order valence-electron chi connectivity index (χ1n) is 6.74. The number of nitriles is 1. The van der Waals surface area contributed by atoms with Gasteiger partial charge < -0.3 is 10.1 Å². The van der Waals surface area contributed by atoms with E-state index in [0.29, 0.717) is 0 Å². The second-order valence-electron chi connectivity index (χ2n) is 6.12. The Hall–Kier alpha value is -1.53. The number of benzene rings is 1. The molecule has 1 N–H and O–H groups in total. The van der Waals surface area contributed by atoms with Gasteiger partial charge in [-0.1, -0.05) is 12.1 Å². The van der Waals surface area contributed by atoms with E-state index in [9.17, 15) is 5.26 Å². The highest BCUT2D eigenvalue weighted by atomic mass is 16.5. The van der Waals surface area contributed by atoms with E-state index in [1.807, 2.05) is 19.1 Å². The quantitative estimate of drug-likeness (QED) is 0.887. The smallest absolute Gasteiger partial charge is 0.121 e. The van der Waals surface area contributed by atoms with Crippen molar-refractivity contribution in [3.8, 4) is 11.8 Å². The Morgan fingerprint density at radius 2 is 2.11 bits per heavy atom. The van der Waals surface area contributed by atoms with E-state index in [4.69, 9.17) is 4.74 Å². The van der Waals surface area contributed by atoms with Gasteiger partial charge in [0.25, 0.3) is 0 Å². The zero-order valence-electron chi connectivity index (χ0n) is 12.2. The van der Waals surface area contributed by atoms with Crippen LogP contribution in [0.1, 0.15) is 37.8 Å². The summed E-state index contributed by atoms with van der Waals surface area (Å²) in [5.41, 5.74) is 1.82. The van der Waals surface area contributed by atoms with Crippen molar-refractivity contribution in [2.75, 3.05) is 13.7 Å². The zero-order valence-corrected chi connectivity index (χ0v) is 12.2. The largest absolute Gasteiger partial charge is 0.496 e. The predicted molar refractivity (Wildman–Crippen MR) is 76.3 cm³/mol. The normalized spacial score (nSPS) is 25.6. The Balaban J connectivity index is 2.42. The number of nitrogens with one attached hydrogen (secondary N) is 1. The van der Waals surface area contributed by atoms with Crippen LogP contribution in [0, 0.1) is 18.3 Å². The number of nitrogens with zero attached hydrogens (tertiary/aromatic N) is 1. The first-order valence-corrected chi connectivity index (χ1v) is 6.74. The summed E-state index contributed by atoms with van der Waals surface area (Å²) in [7, 11) is 1.68. The summed E-state index contributed by atoms with van der Waals surface area (Å²) in [5, 5.41) is 13.2. The van der Waals surface area contributed by atoms with Gasteiger partial charge in [0, 0.05) is 5.54 Å². The minimum absolute atomic E-state index is 0.00180. The Morgan fingerprint density at radius 3 is 2.63 bits per heavy atom. The van der Waals surface area contributed by atoms with E-state index in [1.54, 1.807) is 7.11 Å². The van der Waals surface area contributed by atoms with Crippen LogP contribution in [0.5, 0.6) is 5.75 Å². The van der Waals surface area contributed by atoms with Gasteiger partial charge in [-0.25, -0.2) is 0 Å². The third kappa shape index (κ3) is 2.59. The summed E-state index contributed by atoms with van der Waals surface area (Å²) >= 11 is 0. The van der Waals surface area contributed by atoms with E-state index in [-0.39, 0.29) is 11.0 Å². The molecule has 0 aliphatic carbocycles. The van der Waals surface area contributed by atoms with Gasteiger partial charge in [-0.2, -0.15) is 5.26 Å². The number of methoxy groups -OCH3 is 1. The Morgan fingerprint density at radius 1 is 1.37 bits per heavy atom. The maximum Gasteiger partial charge on any atom is 0.121 e. The van der Waals surface area contributed by atoms with Crippen molar-refractivity contribution in [3.63, 3.8) is 0 Å². The summed E-state index contributed by atoms with van der Waals surface area (Å²) in [5.74, 6) is 0.880. The van der Waals surface area contributed by atoms with Gasteiger partial charge in [0.15, 0.2) is 0 Å². The average Bonchev–Trinajstić information content (AvgIpc) is 2.37. The molecule has 1 unspecified atom stereocenters. The molecule has 1 atom stereocenters. The van der Waals surface area contributed by atoms with E-state index < -0.39 is 0 Å². The third-order valence-electron chi connectivity index (χ3n) is 4.06. The monoisotopic (exact) mass is 258 g/mol. The molecule has 19 heavy (non-hydrogen) atoms. The molecule has 1 aromatic carbocycles. The first-order chi connectivity index (χ1) is 8.92. The van der Waals surface area contributed by atoms with E-state index in [1.165, 1.54) is 0 Å². The van der Waals surface area contributed by atoms with Crippen LogP contribution in [0.15, 0.2) is 18.2 Å². The standard InChI is InChI=1S/C16H22N2O/c1-12-9-13(5-6-14(12)19-4)16(11-17)7-8-18-15(2,3)10-16/h5-6,9,18H,7-8,10H2,1-4H3. The van der Waals surface area contributed by atoms with Crippen LogP contribution >= 0.6 is 0 Å². The van der Waals surface area contributed by atoms with E-state index in [0.717, 1.165) is 36.3 Å². The fourth-order valence-electron chi connectivity index (χ4n) is 3.10. The van der Waals surface area contributed by atoms with Crippen molar-refractivity contribution in [1.29, 1.82) is 5.26 Å². The number of rotatable bonds is 2. The summed E-state index contributed by atoms with van der Waals surface area (Å²) in [4.78, 5) is 0. The van der Waals surface area contributed by atoms with Gasteiger partial charge in [0.1, 0.15) is 5.75 Å². The predicted octanol–water partition coefficient (Wildman–Crippen LogP) is 2.93. The summed E-state index contributed by atoms with van der Waals surface area (Å²) in [6.45, 7) is 7.23. The minimum atomic E-state index is -0.383. The third-order valence-corrected chi connectivity index (χ3v) is 4.06. The molecule has 0 spiro atoms. The molecule has 0 bridgehead atoms. The molecule has 3 nitrogen and oxygen atoms in total. The van der Waals surface area contributed by atoms with Crippen LogP contribution in [-0.4, -0.2) is 19.2 Å². The highest BCUT2D eigenvalue weighted by molar-refractivity contribution is 5.43. The van der Waals surface area contributed by atoms with Crippen molar-refractivity contribution >= 4 is 0 Å².